The van der Waals surface area contributed by atoms with E-state index >= 15 is 0 Å². The van der Waals surface area contributed by atoms with Gasteiger partial charge >= 0.3 is 0 Å². The Labute approximate surface area is 187 Å². The van der Waals surface area contributed by atoms with Crippen molar-refractivity contribution < 1.29 is 30.0 Å². The average molecular weight is 567 g/mol. The molecule has 0 atom stereocenters. The number of carbonyl (C=O) groups is 1. The third-order valence-electron chi connectivity index (χ3n) is 4.27. The van der Waals surface area contributed by atoms with E-state index in [-0.39, 0.29) is 31.6 Å². The van der Waals surface area contributed by atoms with E-state index in [0.717, 1.165) is 16.8 Å². The zero-order valence-electron chi connectivity index (χ0n) is 17.8. The topological polar surface area (TPSA) is 50.2 Å². The van der Waals surface area contributed by atoms with Gasteiger partial charge in [0.1, 0.15) is 0 Å². The van der Waals surface area contributed by atoms with Crippen molar-refractivity contribution in [3.8, 4) is 11.3 Å². The molecule has 3 aromatic rings. The van der Waals surface area contributed by atoms with Gasteiger partial charge in [-0.3, -0.25) is 4.79 Å². The fourth-order valence-electron chi connectivity index (χ4n) is 3.08. The maximum atomic E-state index is 10.0. The van der Waals surface area contributed by atoms with E-state index in [1.165, 1.54) is 41.8 Å². The largest absolute Gasteiger partial charge is 0.512 e. The van der Waals surface area contributed by atoms with Crippen LogP contribution in [0.25, 0.3) is 22.0 Å². The molecule has 1 aromatic heterocycles. The molecule has 0 fully saturated rings. The first-order valence-electron chi connectivity index (χ1n) is 9.45. The van der Waals surface area contributed by atoms with Crippen molar-refractivity contribution in [2.24, 2.45) is 0 Å². The SMILES string of the molecule is CC(=O)/C=C(/C)O.Cc1[c-]c(-c2nccc3ccc(C(C)C)cc23)cc(C)c1.[Ir]. The van der Waals surface area contributed by atoms with Crippen LogP contribution in [-0.4, -0.2) is 15.9 Å². The Morgan fingerprint density at radius 2 is 1.79 bits per heavy atom. The third-order valence-corrected chi connectivity index (χ3v) is 4.27. The number of pyridine rings is 1. The Bertz CT molecular complexity index is 998. The van der Waals surface area contributed by atoms with Crippen LogP contribution in [0.2, 0.25) is 0 Å². The Kier molecular flexibility index (Phi) is 9.42. The van der Waals surface area contributed by atoms with Gasteiger partial charge in [-0.2, -0.15) is 0 Å². The van der Waals surface area contributed by atoms with Gasteiger partial charge in [0.25, 0.3) is 0 Å². The molecular weight excluding hydrogens is 538 g/mol. The van der Waals surface area contributed by atoms with Crippen LogP contribution in [0.1, 0.15) is 50.3 Å². The van der Waals surface area contributed by atoms with Gasteiger partial charge in [-0.1, -0.05) is 45.9 Å². The van der Waals surface area contributed by atoms with Gasteiger partial charge in [-0.05, 0) is 47.9 Å². The van der Waals surface area contributed by atoms with Gasteiger partial charge in [-0.15, -0.1) is 34.9 Å². The maximum Gasteiger partial charge on any atom is 0.155 e. The summed E-state index contributed by atoms with van der Waals surface area (Å²) in [4.78, 5) is 14.6. The summed E-state index contributed by atoms with van der Waals surface area (Å²) in [5, 5.41) is 10.8. The molecule has 0 saturated heterocycles. The number of aliphatic hydroxyl groups is 1. The molecule has 1 radical (unpaired) electrons. The Morgan fingerprint density at radius 3 is 2.31 bits per heavy atom. The molecule has 0 spiro atoms. The number of carbonyl (C=O) groups excluding carboxylic acids is 1. The molecule has 0 unspecified atom stereocenters. The Morgan fingerprint density at radius 1 is 1.10 bits per heavy atom. The predicted octanol–water partition coefficient (Wildman–Crippen LogP) is 6.48. The third kappa shape index (κ3) is 7.23. The minimum absolute atomic E-state index is 0. The van der Waals surface area contributed by atoms with E-state index in [2.05, 4.69) is 75.1 Å². The van der Waals surface area contributed by atoms with Crippen LogP contribution in [0.15, 0.2) is 54.4 Å². The molecule has 0 bridgehead atoms. The zero-order chi connectivity index (χ0) is 20.8. The molecule has 4 heteroatoms. The second kappa shape index (κ2) is 11.0. The van der Waals surface area contributed by atoms with Crippen molar-refractivity contribution >= 4 is 16.6 Å². The van der Waals surface area contributed by atoms with Crippen LogP contribution in [0.5, 0.6) is 0 Å². The smallest absolute Gasteiger partial charge is 0.155 e. The minimum Gasteiger partial charge on any atom is -0.512 e. The van der Waals surface area contributed by atoms with Crippen molar-refractivity contribution in [3.63, 3.8) is 0 Å². The van der Waals surface area contributed by atoms with Crippen molar-refractivity contribution in [1.29, 1.82) is 0 Å². The van der Waals surface area contributed by atoms with Gasteiger partial charge in [0, 0.05) is 32.4 Å². The number of aromatic nitrogens is 1. The summed E-state index contributed by atoms with van der Waals surface area (Å²) < 4.78 is 0. The van der Waals surface area contributed by atoms with Crippen molar-refractivity contribution in [2.75, 3.05) is 0 Å². The van der Waals surface area contributed by atoms with Crippen LogP contribution in [0, 0.1) is 19.9 Å². The fraction of sp³-hybridized carbons (Fsp3) is 0.280. The summed E-state index contributed by atoms with van der Waals surface area (Å²) in [6, 6.07) is 16.5. The number of nitrogens with zero attached hydrogens (tertiary/aromatic N) is 1. The molecule has 0 amide bonds. The zero-order valence-corrected chi connectivity index (χ0v) is 20.2. The quantitative estimate of drug-likeness (QED) is 0.224. The van der Waals surface area contributed by atoms with Crippen molar-refractivity contribution in [3.05, 3.63) is 77.2 Å². The van der Waals surface area contributed by atoms with Gasteiger partial charge in [0.15, 0.2) is 5.78 Å². The summed E-state index contributed by atoms with van der Waals surface area (Å²) in [5.41, 5.74) is 5.87. The summed E-state index contributed by atoms with van der Waals surface area (Å²) >= 11 is 0. The van der Waals surface area contributed by atoms with Gasteiger partial charge < -0.3 is 10.1 Å². The van der Waals surface area contributed by atoms with Gasteiger partial charge in [0.2, 0.25) is 0 Å². The minimum atomic E-state index is -0.125. The van der Waals surface area contributed by atoms with Crippen LogP contribution in [-0.2, 0) is 24.9 Å². The summed E-state index contributed by atoms with van der Waals surface area (Å²) in [7, 11) is 0. The number of hydrogen-bond donors (Lipinski definition) is 1. The number of rotatable bonds is 3. The fourth-order valence-corrected chi connectivity index (χ4v) is 3.08. The van der Waals surface area contributed by atoms with E-state index in [4.69, 9.17) is 5.11 Å². The molecule has 1 N–H and O–H groups in total. The maximum absolute atomic E-state index is 10.0. The summed E-state index contributed by atoms with van der Waals surface area (Å²) in [6.07, 6.45) is 3.05. The van der Waals surface area contributed by atoms with E-state index in [9.17, 15) is 4.79 Å². The van der Waals surface area contributed by atoms with Crippen LogP contribution in [0.3, 0.4) is 0 Å². The average Bonchev–Trinajstić information content (AvgIpc) is 2.59. The number of benzene rings is 2. The standard InChI is InChI=1S/C20H20N.C5H8O2.Ir/c1-13(2)17-6-5-16-7-8-21-20(19(16)12-17)18-10-14(3)9-15(4)11-18;1-4(6)3-5(2)7;/h5-10,12-13H,1-4H3;3,6H,1-2H3;/q-1;;/b;4-3-;. The van der Waals surface area contributed by atoms with Crippen molar-refractivity contribution in [2.45, 2.75) is 47.5 Å². The Balaban J connectivity index is 0.000000456. The molecule has 2 aromatic carbocycles. The molecule has 0 saturated carbocycles. The molecule has 3 rings (SSSR count). The van der Waals surface area contributed by atoms with E-state index in [0.29, 0.717) is 5.92 Å². The van der Waals surface area contributed by atoms with Gasteiger partial charge in [0.05, 0.1) is 5.76 Å². The number of aryl methyl sites for hydroxylation is 2. The normalized spacial score (nSPS) is 10.9. The molecule has 155 valence electrons. The van der Waals surface area contributed by atoms with Crippen LogP contribution in [0.4, 0.5) is 0 Å². The first-order chi connectivity index (χ1) is 13.2. The number of fused-ring (bicyclic) bond motifs is 1. The van der Waals surface area contributed by atoms with E-state index in [1.807, 2.05) is 6.20 Å². The van der Waals surface area contributed by atoms with Gasteiger partial charge in [-0.25, -0.2) is 0 Å². The number of ketones is 1. The predicted molar refractivity (Wildman–Crippen MR) is 117 cm³/mol. The first-order valence-corrected chi connectivity index (χ1v) is 9.45. The van der Waals surface area contributed by atoms with Crippen molar-refractivity contribution in [1.82, 2.24) is 4.98 Å². The van der Waals surface area contributed by atoms with E-state index < -0.39 is 0 Å². The molecule has 0 aliphatic carbocycles. The monoisotopic (exact) mass is 567 g/mol. The number of hydrogen-bond acceptors (Lipinski definition) is 3. The van der Waals surface area contributed by atoms with Crippen LogP contribution < -0.4 is 0 Å². The molecule has 3 nitrogen and oxygen atoms in total. The molecule has 29 heavy (non-hydrogen) atoms. The molecule has 1 heterocycles. The molecule has 0 aliphatic rings. The summed E-state index contributed by atoms with van der Waals surface area (Å²) in [5.74, 6) is 0.457. The second-order valence-corrected chi connectivity index (χ2v) is 7.45. The van der Waals surface area contributed by atoms with Crippen LogP contribution >= 0.6 is 0 Å². The molecular formula is C25H28IrNO2-. The number of aliphatic hydroxyl groups excluding tert-OH is 1. The molecule has 0 aliphatic heterocycles. The Hall–Kier alpha value is -2.29. The second-order valence-electron chi connectivity index (χ2n) is 7.45. The van der Waals surface area contributed by atoms with E-state index in [1.54, 1.807) is 0 Å². The summed E-state index contributed by atoms with van der Waals surface area (Å²) in [6.45, 7) is 11.5. The first kappa shape index (κ1) is 24.7. The number of allylic oxidation sites excluding steroid dienone is 2.